The summed E-state index contributed by atoms with van der Waals surface area (Å²) < 4.78 is 19.5. The van der Waals surface area contributed by atoms with Crippen molar-refractivity contribution in [3.05, 3.63) is 71.9 Å². The predicted octanol–water partition coefficient (Wildman–Crippen LogP) is 3.95. The van der Waals surface area contributed by atoms with E-state index >= 15 is 0 Å². The number of rotatable bonds is 5. The van der Waals surface area contributed by atoms with Crippen molar-refractivity contribution in [3.8, 4) is 0 Å². The lowest BCUT2D eigenvalue weighted by molar-refractivity contribution is 0.250. The van der Waals surface area contributed by atoms with E-state index in [2.05, 4.69) is 39.9 Å². The van der Waals surface area contributed by atoms with Crippen molar-refractivity contribution < 1.29 is 8.81 Å². The summed E-state index contributed by atoms with van der Waals surface area (Å²) in [7, 11) is 2.11. The zero-order valence-electron chi connectivity index (χ0n) is 15.7. The molecule has 4 aromatic rings. The number of H-pyrrole nitrogens is 1. The highest BCUT2D eigenvalue weighted by Gasteiger charge is 2.31. The smallest absolute Gasteiger partial charge is 0.134 e. The Balaban J connectivity index is 1.29. The molecule has 0 spiro atoms. The monoisotopic (exact) mass is 378 g/mol. The zero-order chi connectivity index (χ0) is 19.1. The summed E-state index contributed by atoms with van der Waals surface area (Å²) >= 11 is 0. The standard InChI is InChI=1S/C22H23FN4O/c1-27(13-18-9-15-8-17(23)6-7-19(15)25-18)12-16-11-24-26-22(16)21-10-14-4-2-3-5-20(14)28-21/h2-10,16,22,24-26H,11-13H2,1H3. The fourth-order valence-corrected chi connectivity index (χ4v) is 4.17. The lowest BCUT2D eigenvalue weighted by atomic mass is 9.99. The topological polar surface area (TPSA) is 56.2 Å². The molecular formula is C22H23FN4O. The van der Waals surface area contributed by atoms with Crippen LogP contribution in [-0.2, 0) is 6.54 Å². The summed E-state index contributed by atoms with van der Waals surface area (Å²) in [6, 6.07) is 17.2. The number of furan rings is 1. The Labute approximate surface area is 162 Å². The van der Waals surface area contributed by atoms with Gasteiger partial charge in [0.25, 0.3) is 0 Å². The summed E-state index contributed by atoms with van der Waals surface area (Å²) in [6.07, 6.45) is 0. The molecule has 0 amide bonds. The van der Waals surface area contributed by atoms with E-state index in [-0.39, 0.29) is 11.9 Å². The minimum atomic E-state index is -0.205. The molecule has 144 valence electrons. The maximum Gasteiger partial charge on any atom is 0.134 e. The van der Waals surface area contributed by atoms with Crippen molar-refractivity contribution in [3.63, 3.8) is 0 Å². The van der Waals surface area contributed by atoms with E-state index in [1.807, 2.05) is 24.3 Å². The molecule has 0 radical (unpaired) electrons. The Morgan fingerprint density at radius 1 is 1.11 bits per heavy atom. The van der Waals surface area contributed by atoms with Crippen LogP contribution in [0.15, 0.2) is 59.0 Å². The van der Waals surface area contributed by atoms with Gasteiger partial charge in [-0.25, -0.2) is 9.82 Å². The molecule has 5 rings (SSSR count). The average Bonchev–Trinajstić information content (AvgIpc) is 3.38. The molecule has 2 atom stereocenters. The van der Waals surface area contributed by atoms with E-state index in [0.29, 0.717) is 5.92 Å². The Hall–Kier alpha value is -2.67. The number of nitrogens with zero attached hydrogens (tertiary/aromatic N) is 1. The Bertz CT molecular complexity index is 1090. The van der Waals surface area contributed by atoms with Crippen molar-refractivity contribution in [2.45, 2.75) is 12.6 Å². The molecule has 28 heavy (non-hydrogen) atoms. The van der Waals surface area contributed by atoms with Crippen LogP contribution in [0.25, 0.3) is 21.9 Å². The lowest BCUT2D eigenvalue weighted by Gasteiger charge is -2.23. The van der Waals surface area contributed by atoms with Crippen LogP contribution in [0.3, 0.4) is 0 Å². The third kappa shape index (κ3) is 3.30. The van der Waals surface area contributed by atoms with Gasteiger partial charge < -0.3 is 14.3 Å². The molecule has 1 saturated heterocycles. The van der Waals surface area contributed by atoms with Crippen molar-refractivity contribution in [1.82, 2.24) is 20.7 Å². The quantitative estimate of drug-likeness (QED) is 0.492. The molecule has 2 unspecified atom stereocenters. The number of aromatic nitrogens is 1. The first-order valence-corrected chi connectivity index (χ1v) is 9.58. The van der Waals surface area contributed by atoms with Crippen LogP contribution >= 0.6 is 0 Å². The van der Waals surface area contributed by atoms with Crippen LogP contribution < -0.4 is 10.9 Å². The average molecular weight is 378 g/mol. The third-order valence-electron chi connectivity index (χ3n) is 5.47. The number of benzene rings is 2. The molecule has 2 aromatic heterocycles. The number of hydrogen-bond acceptors (Lipinski definition) is 4. The number of aromatic amines is 1. The fraction of sp³-hybridized carbons (Fsp3) is 0.273. The van der Waals surface area contributed by atoms with E-state index in [9.17, 15) is 4.39 Å². The number of fused-ring (bicyclic) bond motifs is 2. The van der Waals surface area contributed by atoms with E-state index in [0.717, 1.165) is 53.0 Å². The summed E-state index contributed by atoms with van der Waals surface area (Å²) in [5.41, 5.74) is 9.61. The van der Waals surface area contributed by atoms with Crippen LogP contribution in [-0.4, -0.2) is 30.0 Å². The maximum atomic E-state index is 13.4. The zero-order valence-corrected chi connectivity index (χ0v) is 15.7. The SMILES string of the molecule is CN(Cc1cc2cc(F)ccc2[nH]1)CC1CNNC1c1cc2ccccc2o1. The van der Waals surface area contributed by atoms with Gasteiger partial charge in [0.15, 0.2) is 0 Å². The van der Waals surface area contributed by atoms with Crippen molar-refractivity contribution >= 4 is 21.9 Å². The van der Waals surface area contributed by atoms with Crippen molar-refractivity contribution in [2.24, 2.45) is 5.92 Å². The van der Waals surface area contributed by atoms with Crippen LogP contribution in [0.1, 0.15) is 17.5 Å². The highest BCUT2D eigenvalue weighted by atomic mass is 19.1. The van der Waals surface area contributed by atoms with Gasteiger partial charge in [-0.1, -0.05) is 18.2 Å². The first kappa shape index (κ1) is 17.4. The predicted molar refractivity (Wildman–Crippen MR) is 108 cm³/mol. The molecule has 3 heterocycles. The molecule has 3 N–H and O–H groups in total. The number of para-hydroxylation sites is 1. The highest BCUT2D eigenvalue weighted by Crippen LogP contribution is 2.30. The summed E-state index contributed by atoms with van der Waals surface area (Å²) in [6.45, 7) is 2.56. The molecule has 0 bridgehead atoms. The molecule has 5 nitrogen and oxygen atoms in total. The first-order chi connectivity index (χ1) is 13.7. The van der Waals surface area contributed by atoms with Crippen molar-refractivity contribution in [2.75, 3.05) is 20.1 Å². The van der Waals surface area contributed by atoms with E-state index in [4.69, 9.17) is 4.42 Å². The summed E-state index contributed by atoms with van der Waals surface area (Å²) in [5.74, 6) is 1.14. The molecule has 1 aliphatic heterocycles. The van der Waals surface area contributed by atoms with Crippen LogP contribution in [0, 0.1) is 11.7 Å². The van der Waals surface area contributed by atoms with Gasteiger partial charge in [0, 0.05) is 47.5 Å². The van der Waals surface area contributed by atoms with Crippen molar-refractivity contribution in [1.29, 1.82) is 0 Å². The van der Waals surface area contributed by atoms with Gasteiger partial charge in [0.05, 0.1) is 6.04 Å². The fourth-order valence-electron chi connectivity index (χ4n) is 4.17. The summed E-state index contributed by atoms with van der Waals surface area (Å²) in [5, 5.41) is 2.04. The molecule has 2 aromatic carbocycles. The minimum Gasteiger partial charge on any atom is -0.459 e. The van der Waals surface area contributed by atoms with Gasteiger partial charge in [-0.05, 0) is 43.4 Å². The number of halogens is 1. The molecule has 6 heteroatoms. The molecular weight excluding hydrogens is 355 g/mol. The number of hydrazine groups is 1. The second-order valence-electron chi connectivity index (χ2n) is 7.67. The Kier molecular flexibility index (Phi) is 4.39. The first-order valence-electron chi connectivity index (χ1n) is 9.58. The molecule has 1 fully saturated rings. The second kappa shape index (κ2) is 7.05. The van der Waals surface area contributed by atoms with Crippen LogP contribution in [0.2, 0.25) is 0 Å². The molecule has 0 saturated carbocycles. The molecule has 0 aliphatic carbocycles. The van der Waals surface area contributed by atoms with Gasteiger partial charge in [0.2, 0.25) is 0 Å². The number of hydrogen-bond donors (Lipinski definition) is 3. The third-order valence-corrected chi connectivity index (χ3v) is 5.47. The minimum absolute atomic E-state index is 0.131. The highest BCUT2D eigenvalue weighted by molar-refractivity contribution is 5.80. The van der Waals surface area contributed by atoms with Gasteiger partial charge in [-0.2, -0.15) is 0 Å². The second-order valence-corrected chi connectivity index (χ2v) is 7.67. The van der Waals surface area contributed by atoms with Gasteiger partial charge in [0.1, 0.15) is 17.2 Å². The van der Waals surface area contributed by atoms with Gasteiger partial charge in [-0.15, -0.1) is 0 Å². The van der Waals surface area contributed by atoms with E-state index < -0.39 is 0 Å². The van der Waals surface area contributed by atoms with E-state index in [1.54, 1.807) is 12.1 Å². The maximum absolute atomic E-state index is 13.4. The number of nitrogens with one attached hydrogen (secondary N) is 3. The van der Waals surface area contributed by atoms with Gasteiger partial charge in [-0.3, -0.25) is 5.43 Å². The van der Waals surface area contributed by atoms with Gasteiger partial charge >= 0.3 is 0 Å². The Morgan fingerprint density at radius 2 is 2.00 bits per heavy atom. The van der Waals surface area contributed by atoms with Crippen LogP contribution in [0.5, 0.6) is 0 Å². The summed E-state index contributed by atoms with van der Waals surface area (Å²) in [4.78, 5) is 5.67. The van der Waals surface area contributed by atoms with E-state index in [1.165, 1.54) is 6.07 Å². The normalized spacial score (nSPS) is 20.0. The molecule has 1 aliphatic rings. The van der Waals surface area contributed by atoms with Crippen LogP contribution in [0.4, 0.5) is 4.39 Å². The lowest BCUT2D eigenvalue weighted by Crippen LogP contribution is -2.30. The Morgan fingerprint density at radius 3 is 2.89 bits per heavy atom. The largest absolute Gasteiger partial charge is 0.459 e.